The fourth-order valence-corrected chi connectivity index (χ4v) is 3.04. The highest BCUT2D eigenvalue weighted by molar-refractivity contribution is 5.96. The van der Waals surface area contributed by atoms with E-state index in [0.29, 0.717) is 12.8 Å². The number of halogens is 3. The summed E-state index contributed by atoms with van der Waals surface area (Å²) in [5.41, 5.74) is -2.77. The zero-order valence-electron chi connectivity index (χ0n) is 13.7. The minimum absolute atomic E-state index is 0.212. The monoisotopic (exact) mass is 368 g/mol. The van der Waals surface area contributed by atoms with Gasteiger partial charge in [-0.15, -0.1) is 5.10 Å². The van der Waals surface area contributed by atoms with Crippen LogP contribution in [0.5, 0.6) is 0 Å². The van der Waals surface area contributed by atoms with E-state index in [9.17, 15) is 27.9 Å². The van der Waals surface area contributed by atoms with Gasteiger partial charge in [0.05, 0.1) is 17.4 Å². The lowest BCUT2D eigenvalue weighted by Crippen LogP contribution is -2.50. The highest BCUT2D eigenvalue weighted by Crippen LogP contribution is 2.34. The molecule has 3 rings (SSSR count). The number of hydrogen-bond acceptors (Lipinski definition) is 4. The summed E-state index contributed by atoms with van der Waals surface area (Å²) in [7, 11) is 0. The number of alkyl halides is 3. The summed E-state index contributed by atoms with van der Waals surface area (Å²) >= 11 is 0. The number of carboxylic acid groups (broad SMARTS) is 1. The van der Waals surface area contributed by atoms with Crippen molar-refractivity contribution in [2.24, 2.45) is 0 Å². The van der Waals surface area contributed by atoms with Gasteiger partial charge < -0.3 is 10.0 Å². The Morgan fingerprint density at radius 1 is 1.27 bits per heavy atom. The number of para-hydroxylation sites is 1. The maximum atomic E-state index is 13.1. The van der Waals surface area contributed by atoms with E-state index in [1.165, 1.54) is 30.0 Å². The highest BCUT2D eigenvalue weighted by Gasteiger charge is 2.46. The van der Waals surface area contributed by atoms with Crippen LogP contribution in [0, 0.1) is 0 Å². The Bertz CT molecular complexity index is 864. The van der Waals surface area contributed by atoms with Crippen molar-refractivity contribution in [3.8, 4) is 5.69 Å². The first-order valence-electron chi connectivity index (χ1n) is 7.79. The van der Waals surface area contributed by atoms with E-state index in [1.807, 2.05) is 0 Å². The van der Waals surface area contributed by atoms with Crippen LogP contribution in [-0.4, -0.2) is 49.0 Å². The molecule has 1 aliphatic rings. The summed E-state index contributed by atoms with van der Waals surface area (Å²) in [6.45, 7) is 1.66. The summed E-state index contributed by atoms with van der Waals surface area (Å²) < 4.78 is 40.3. The molecule has 0 spiro atoms. The molecule has 1 atom stereocenters. The van der Waals surface area contributed by atoms with Crippen LogP contribution in [0.4, 0.5) is 13.2 Å². The van der Waals surface area contributed by atoms with Crippen LogP contribution >= 0.6 is 0 Å². The number of carboxylic acids is 1. The van der Waals surface area contributed by atoms with Gasteiger partial charge in [-0.3, -0.25) is 4.79 Å². The van der Waals surface area contributed by atoms with E-state index in [1.54, 1.807) is 0 Å². The standard InChI is InChI=1S/C16H15F3N4O3/c1-15(14(25)26)7-4-8-22(15)13(24)11-9-23(21-20-11)12-6-3-2-5-10(12)16(17,18)19/h2-3,5-6,9H,4,7-8H2,1H3,(H,25,26). The quantitative estimate of drug-likeness (QED) is 0.899. The first-order chi connectivity index (χ1) is 12.1. The first kappa shape index (κ1) is 17.9. The summed E-state index contributed by atoms with van der Waals surface area (Å²) in [5, 5.41) is 16.7. The molecular formula is C16H15F3N4O3. The van der Waals surface area contributed by atoms with Gasteiger partial charge in [-0.1, -0.05) is 17.3 Å². The minimum Gasteiger partial charge on any atom is -0.480 e. The Kier molecular flexibility index (Phi) is 4.21. The van der Waals surface area contributed by atoms with Crippen molar-refractivity contribution in [3.63, 3.8) is 0 Å². The van der Waals surface area contributed by atoms with E-state index < -0.39 is 29.2 Å². The van der Waals surface area contributed by atoms with Crippen LogP contribution in [0.2, 0.25) is 0 Å². The highest BCUT2D eigenvalue weighted by atomic mass is 19.4. The Morgan fingerprint density at radius 3 is 2.62 bits per heavy atom. The number of hydrogen-bond donors (Lipinski definition) is 1. The van der Waals surface area contributed by atoms with Crippen molar-refractivity contribution in [2.75, 3.05) is 6.54 Å². The van der Waals surface area contributed by atoms with Crippen molar-refractivity contribution in [1.82, 2.24) is 19.9 Å². The number of amides is 1. The van der Waals surface area contributed by atoms with Gasteiger partial charge in [0.2, 0.25) is 0 Å². The molecule has 10 heteroatoms. The fourth-order valence-electron chi connectivity index (χ4n) is 3.04. The van der Waals surface area contributed by atoms with Crippen molar-refractivity contribution in [1.29, 1.82) is 0 Å². The Hall–Kier alpha value is -2.91. The molecule has 2 aromatic rings. The number of rotatable bonds is 3. The van der Waals surface area contributed by atoms with Gasteiger partial charge in [-0.25, -0.2) is 9.48 Å². The second kappa shape index (κ2) is 6.11. The first-order valence-corrected chi connectivity index (χ1v) is 7.79. The lowest BCUT2D eigenvalue weighted by molar-refractivity contribution is -0.147. The van der Waals surface area contributed by atoms with Gasteiger partial charge in [0.15, 0.2) is 5.69 Å². The molecule has 1 fully saturated rings. The number of aromatic nitrogens is 3. The molecule has 1 amide bonds. The average molecular weight is 368 g/mol. The van der Waals surface area contributed by atoms with Crippen LogP contribution in [-0.2, 0) is 11.0 Å². The molecule has 0 radical (unpaired) electrons. The SMILES string of the molecule is CC1(C(=O)O)CCCN1C(=O)c1cn(-c2ccccc2C(F)(F)F)nn1. The molecule has 26 heavy (non-hydrogen) atoms. The Labute approximate surface area is 146 Å². The lowest BCUT2D eigenvalue weighted by Gasteiger charge is -2.30. The van der Waals surface area contributed by atoms with Crippen LogP contribution in [0.3, 0.4) is 0 Å². The fraction of sp³-hybridized carbons (Fsp3) is 0.375. The van der Waals surface area contributed by atoms with E-state index >= 15 is 0 Å². The molecule has 0 aliphatic carbocycles. The number of likely N-dealkylation sites (tertiary alicyclic amines) is 1. The molecule has 138 valence electrons. The molecule has 0 bridgehead atoms. The molecule has 1 saturated heterocycles. The van der Waals surface area contributed by atoms with Crippen molar-refractivity contribution in [2.45, 2.75) is 31.5 Å². The van der Waals surface area contributed by atoms with Gasteiger partial charge in [0, 0.05) is 6.54 Å². The molecule has 0 saturated carbocycles. The third-order valence-electron chi connectivity index (χ3n) is 4.52. The van der Waals surface area contributed by atoms with Gasteiger partial charge in [0.25, 0.3) is 5.91 Å². The Balaban J connectivity index is 1.95. The summed E-state index contributed by atoms with van der Waals surface area (Å²) in [4.78, 5) is 25.3. The van der Waals surface area contributed by atoms with Crippen LogP contribution < -0.4 is 0 Å². The number of benzene rings is 1. The Morgan fingerprint density at radius 2 is 1.96 bits per heavy atom. The van der Waals surface area contributed by atoms with Crippen molar-refractivity contribution in [3.05, 3.63) is 41.7 Å². The van der Waals surface area contributed by atoms with Gasteiger partial charge >= 0.3 is 12.1 Å². The van der Waals surface area contributed by atoms with E-state index in [-0.39, 0.29) is 17.9 Å². The van der Waals surface area contributed by atoms with Crippen molar-refractivity contribution >= 4 is 11.9 Å². The van der Waals surface area contributed by atoms with Gasteiger partial charge in [0.1, 0.15) is 5.54 Å². The predicted molar refractivity (Wildman–Crippen MR) is 82.7 cm³/mol. The number of carbonyl (C=O) groups is 2. The maximum Gasteiger partial charge on any atom is 0.418 e. The molecule has 2 heterocycles. The average Bonchev–Trinajstić information content (AvgIpc) is 3.21. The number of aliphatic carboxylic acids is 1. The van der Waals surface area contributed by atoms with E-state index in [4.69, 9.17) is 0 Å². The second-order valence-corrected chi connectivity index (χ2v) is 6.20. The second-order valence-electron chi connectivity index (χ2n) is 6.20. The van der Waals surface area contributed by atoms with E-state index in [0.717, 1.165) is 16.9 Å². The zero-order valence-corrected chi connectivity index (χ0v) is 13.7. The largest absolute Gasteiger partial charge is 0.480 e. The molecule has 7 nitrogen and oxygen atoms in total. The number of nitrogens with zero attached hydrogens (tertiary/aromatic N) is 4. The molecular weight excluding hydrogens is 353 g/mol. The molecule has 1 unspecified atom stereocenters. The van der Waals surface area contributed by atoms with E-state index in [2.05, 4.69) is 10.3 Å². The van der Waals surface area contributed by atoms with Gasteiger partial charge in [-0.2, -0.15) is 13.2 Å². The van der Waals surface area contributed by atoms with Crippen LogP contribution in [0.25, 0.3) is 5.69 Å². The topological polar surface area (TPSA) is 88.3 Å². The minimum atomic E-state index is -4.59. The smallest absolute Gasteiger partial charge is 0.418 e. The zero-order chi connectivity index (χ0) is 19.1. The normalized spacial score (nSPS) is 20.4. The third kappa shape index (κ3) is 2.91. The summed E-state index contributed by atoms with van der Waals surface area (Å²) in [6, 6.07) is 4.77. The number of carbonyl (C=O) groups excluding carboxylic acids is 1. The molecule has 1 aromatic heterocycles. The van der Waals surface area contributed by atoms with Crippen LogP contribution in [0.15, 0.2) is 30.5 Å². The molecule has 1 aromatic carbocycles. The van der Waals surface area contributed by atoms with Crippen molar-refractivity contribution < 1.29 is 27.9 Å². The van der Waals surface area contributed by atoms with Gasteiger partial charge in [-0.05, 0) is 31.9 Å². The summed E-state index contributed by atoms with van der Waals surface area (Å²) in [5.74, 6) is -1.82. The third-order valence-corrected chi connectivity index (χ3v) is 4.52. The molecule has 1 aliphatic heterocycles. The van der Waals surface area contributed by atoms with Crippen LogP contribution in [0.1, 0.15) is 35.8 Å². The lowest BCUT2D eigenvalue weighted by atomic mass is 9.99. The predicted octanol–water partition coefficient (Wildman–Crippen LogP) is 2.37. The maximum absolute atomic E-state index is 13.1. The molecule has 1 N–H and O–H groups in total. The summed E-state index contributed by atoms with van der Waals surface area (Å²) in [6.07, 6.45) is -2.71.